The molecule has 1 aliphatic heterocycles. The molecule has 0 radical (unpaired) electrons. The standard InChI is InChI=1S/C15H20N6O/c1-18-12(9-2-4-10(5-3-9)14(16)22)13-11-6-7-19-15(11)20-8-21(13)17/h6-10,19H,1-5,17H2,(H2,16,22)/b13-12-/t9-,10-. The first-order valence-corrected chi connectivity index (χ1v) is 7.38. The number of amides is 1. The van der Waals surface area contributed by atoms with Gasteiger partial charge < -0.3 is 10.7 Å². The maximum absolute atomic E-state index is 11.3. The number of nitrogens with zero attached hydrogens (tertiary/aromatic N) is 3. The Balaban J connectivity index is 1.92. The number of nitrogens with one attached hydrogen (secondary N) is 1. The average Bonchev–Trinajstić information content (AvgIpc) is 2.99. The molecule has 7 nitrogen and oxygen atoms in total. The smallest absolute Gasteiger partial charge is 0.220 e. The molecule has 7 heteroatoms. The van der Waals surface area contributed by atoms with E-state index in [1.807, 2.05) is 12.3 Å². The van der Waals surface area contributed by atoms with Gasteiger partial charge in [-0.15, -0.1) is 0 Å². The van der Waals surface area contributed by atoms with Gasteiger partial charge in [-0.05, 0) is 38.5 Å². The molecule has 2 heterocycles. The number of carbonyl (C=O) groups is 1. The molecule has 1 aromatic heterocycles. The van der Waals surface area contributed by atoms with Crippen LogP contribution in [0.5, 0.6) is 0 Å². The Morgan fingerprint density at radius 3 is 2.68 bits per heavy atom. The van der Waals surface area contributed by atoms with Crippen LogP contribution in [0.1, 0.15) is 31.2 Å². The zero-order valence-electron chi connectivity index (χ0n) is 12.3. The van der Waals surface area contributed by atoms with Crippen molar-refractivity contribution in [3.05, 3.63) is 23.5 Å². The van der Waals surface area contributed by atoms with Gasteiger partial charge in [0.1, 0.15) is 12.2 Å². The van der Waals surface area contributed by atoms with Crippen molar-refractivity contribution in [3.63, 3.8) is 0 Å². The third kappa shape index (κ3) is 2.43. The zero-order chi connectivity index (χ0) is 15.7. The fourth-order valence-electron chi connectivity index (χ4n) is 3.29. The molecule has 0 bridgehead atoms. The Bertz CT molecular complexity index is 651. The minimum absolute atomic E-state index is 0.0305. The number of aromatic amines is 1. The van der Waals surface area contributed by atoms with Gasteiger partial charge in [-0.2, -0.15) is 0 Å². The van der Waals surface area contributed by atoms with Crippen LogP contribution in [0.3, 0.4) is 0 Å². The molecule has 1 fully saturated rings. The molecule has 1 aromatic rings. The average molecular weight is 300 g/mol. The number of hydrogen-bond acceptors (Lipinski definition) is 5. The number of nitrogens with two attached hydrogens (primary N) is 2. The van der Waals surface area contributed by atoms with Crippen molar-refractivity contribution in [1.29, 1.82) is 0 Å². The molecule has 22 heavy (non-hydrogen) atoms. The van der Waals surface area contributed by atoms with Gasteiger partial charge in [0.05, 0.1) is 11.4 Å². The molecule has 0 saturated heterocycles. The van der Waals surface area contributed by atoms with Crippen LogP contribution in [0.15, 0.2) is 27.9 Å². The largest absolute Gasteiger partial charge is 0.369 e. The van der Waals surface area contributed by atoms with E-state index >= 15 is 0 Å². The van der Waals surface area contributed by atoms with Gasteiger partial charge in [-0.1, -0.05) is 0 Å². The van der Waals surface area contributed by atoms with Crippen molar-refractivity contribution in [2.24, 2.45) is 33.4 Å². The van der Waals surface area contributed by atoms with E-state index in [0.29, 0.717) is 0 Å². The molecule has 0 atom stereocenters. The molecule has 116 valence electrons. The second kappa shape index (κ2) is 5.76. The predicted octanol–water partition coefficient (Wildman–Crippen LogP) is 1.52. The quantitative estimate of drug-likeness (QED) is 0.581. The molecule has 0 unspecified atom stereocenters. The van der Waals surface area contributed by atoms with Crippen LogP contribution in [-0.2, 0) is 4.79 Å². The normalized spacial score (nSPS) is 26.5. The van der Waals surface area contributed by atoms with E-state index in [4.69, 9.17) is 11.6 Å². The number of aromatic nitrogens is 1. The molecular weight excluding hydrogens is 280 g/mol. The number of hydrogen-bond donors (Lipinski definition) is 3. The van der Waals surface area contributed by atoms with Crippen LogP contribution in [-0.4, -0.2) is 29.0 Å². The van der Waals surface area contributed by atoms with Crippen molar-refractivity contribution >= 4 is 30.5 Å². The van der Waals surface area contributed by atoms with Gasteiger partial charge in [0.2, 0.25) is 5.91 Å². The van der Waals surface area contributed by atoms with Crippen LogP contribution in [0.4, 0.5) is 5.82 Å². The highest BCUT2D eigenvalue weighted by Crippen LogP contribution is 2.40. The summed E-state index contributed by atoms with van der Waals surface area (Å²) in [6.45, 7) is 3.72. The second-order valence-electron chi connectivity index (χ2n) is 5.73. The highest BCUT2D eigenvalue weighted by molar-refractivity contribution is 5.87. The lowest BCUT2D eigenvalue weighted by Crippen LogP contribution is -2.32. The summed E-state index contributed by atoms with van der Waals surface area (Å²) in [6.07, 6.45) is 6.67. The van der Waals surface area contributed by atoms with Gasteiger partial charge >= 0.3 is 0 Å². The topological polar surface area (TPSA) is 113 Å². The number of allylic oxidation sites excluding steroid dienone is 1. The summed E-state index contributed by atoms with van der Waals surface area (Å²) in [5, 5.41) is 1.49. The summed E-state index contributed by atoms with van der Waals surface area (Å²) >= 11 is 0. The zero-order valence-corrected chi connectivity index (χ0v) is 12.3. The first kappa shape index (κ1) is 14.5. The van der Waals surface area contributed by atoms with Gasteiger partial charge in [0.25, 0.3) is 0 Å². The Kier molecular flexibility index (Phi) is 3.81. The van der Waals surface area contributed by atoms with E-state index in [0.717, 1.165) is 48.5 Å². The summed E-state index contributed by atoms with van der Waals surface area (Å²) in [4.78, 5) is 22.9. The third-order valence-corrected chi connectivity index (χ3v) is 4.48. The summed E-state index contributed by atoms with van der Waals surface area (Å²) in [6, 6.07) is 1.93. The molecule has 0 aromatic carbocycles. The Morgan fingerprint density at radius 2 is 2.05 bits per heavy atom. The van der Waals surface area contributed by atoms with Gasteiger partial charge in [-0.3, -0.25) is 14.8 Å². The van der Waals surface area contributed by atoms with Crippen molar-refractivity contribution in [2.45, 2.75) is 25.7 Å². The predicted molar refractivity (Wildman–Crippen MR) is 86.1 cm³/mol. The number of fused-ring (bicyclic) bond motifs is 1. The maximum atomic E-state index is 11.3. The lowest BCUT2D eigenvalue weighted by Gasteiger charge is -2.30. The SMILES string of the molecule is C=N/C(=C1/c2cc[nH]c2N=CN1N)[C@H]1CC[C@H](C(N)=O)CC1. The molecule has 1 amide bonds. The molecule has 2 aliphatic rings. The summed E-state index contributed by atoms with van der Waals surface area (Å²) in [5.41, 5.74) is 8.00. The van der Waals surface area contributed by atoms with E-state index in [9.17, 15) is 4.79 Å². The lowest BCUT2D eigenvalue weighted by molar-refractivity contribution is -0.122. The van der Waals surface area contributed by atoms with E-state index in [1.54, 1.807) is 6.34 Å². The number of aliphatic imine (C=N–C) groups is 2. The van der Waals surface area contributed by atoms with E-state index < -0.39 is 0 Å². The number of hydrazine groups is 1. The van der Waals surface area contributed by atoms with Crippen LogP contribution in [0, 0.1) is 11.8 Å². The third-order valence-electron chi connectivity index (χ3n) is 4.48. The summed E-state index contributed by atoms with van der Waals surface area (Å²) in [7, 11) is 0. The molecule has 3 rings (SSSR count). The first-order chi connectivity index (χ1) is 10.6. The van der Waals surface area contributed by atoms with Crippen molar-refractivity contribution in [1.82, 2.24) is 9.99 Å². The van der Waals surface area contributed by atoms with Gasteiger partial charge in [0, 0.05) is 23.6 Å². The summed E-state index contributed by atoms with van der Waals surface area (Å²) in [5.74, 6) is 6.81. The maximum Gasteiger partial charge on any atom is 0.220 e. The van der Waals surface area contributed by atoms with Crippen LogP contribution >= 0.6 is 0 Å². The van der Waals surface area contributed by atoms with E-state index in [2.05, 4.69) is 21.7 Å². The van der Waals surface area contributed by atoms with Crippen molar-refractivity contribution in [2.75, 3.05) is 0 Å². The number of primary amides is 1. The number of rotatable bonds is 3. The summed E-state index contributed by atoms with van der Waals surface area (Å²) < 4.78 is 0. The van der Waals surface area contributed by atoms with E-state index in [-0.39, 0.29) is 17.7 Å². The highest BCUT2D eigenvalue weighted by Gasteiger charge is 2.30. The minimum Gasteiger partial charge on any atom is -0.369 e. The Hall–Kier alpha value is -2.41. The Morgan fingerprint density at radius 1 is 1.36 bits per heavy atom. The van der Waals surface area contributed by atoms with Gasteiger partial charge in [-0.25, -0.2) is 10.8 Å². The number of H-pyrrole nitrogens is 1. The van der Waals surface area contributed by atoms with Crippen LogP contribution in [0.25, 0.3) is 5.70 Å². The van der Waals surface area contributed by atoms with Crippen molar-refractivity contribution in [3.8, 4) is 0 Å². The second-order valence-corrected chi connectivity index (χ2v) is 5.73. The van der Waals surface area contributed by atoms with Gasteiger partial charge in [0.15, 0.2) is 0 Å². The van der Waals surface area contributed by atoms with Crippen LogP contribution < -0.4 is 11.6 Å². The van der Waals surface area contributed by atoms with E-state index in [1.165, 1.54) is 5.01 Å². The molecule has 0 spiro atoms. The van der Waals surface area contributed by atoms with Crippen LogP contribution in [0.2, 0.25) is 0 Å². The molecule has 5 N–H and O–H groups in total. The van der Waals surface area contributed by atoms with Crippen molar-refractivity contribution < 1.29 is 4.79 Å². The number of carbonyl (C=O) groups excluding carboxylic acids is 1. The first-order valence-electron chi connectivity index (χ1n) is 7.38. The Labute approximate surface area is 128 Å². The fourth-order valence-corrected chi connectivity index (χ4v) is 3.29. The molecular formula is C15H20N6O. The highest BCUT2D eigenvalue weighted by atomic mass is 16.1. The minimum atomic E-state index is -0.211. The lowest BCUT2D eigenvalue weighted by atomic mass is 9.79. The molecule has 1 aliphatic carbocycles. The monoisotopic (exact) mass is 300 g/mol. The fraction of sp³-hybridized carbons (Fsp3) is 0.400. The molecule has 1 saturated carbocycles.